The first kappa shape index (κ1) is 24.6. The zero-order valence-corrected chi connectivity index (χ0v) is 16.9. The fraction of sp³-hybridized carbons (Fsp3) is 0.700. The van der Waals surface area contributed by atoms with Crippen molar-refractivity contribution in [3.63, 3.8) is 0 Å². The zero-order valence-electron chi connectivity index (χ0n) is 16.9. The quantitative estimate of drug-likeness (QED) is 0.558. The number of hydrogen-bond donors (Lipinski definition) is 1. The van der Waals surface area contributed by atoms with E-state index in [9.17, 15) is 26.3 Å². The second-order valence-corrected chi connectivity index (χ2v) is 9.40. The largest absolute Gasteiger partial charge is 0.490 e. The van der Waals surface area contributed by atoms with E-state index < -0.39 is 24.6 Å². The summed E-state index contributed by atoms with van der Waals surface area (Å²) in [7, 11) is 0. The van der Waals surface area contributed by atoms with Crippen molar-refractivity contribution in [2.75, 3.05) is 6.61 Å². The molecular weight excluding hydrogens is 386 g/mol. The third-order valence-electron chi connectivity index (χ3n) is 4.53. The van der Waals surface area contributed by atoms with E-state index in [1.807, 2.05) is 0 Å². The molecule has 0 saturated carbocycles. The van der Waals surface area contributed by atoms with Crippen molar-refractivity contribution >= 4 is 0 Å². The van der Waals surface area contributed by atoms with Gasteiger partial charge in [-0.25, -0.2) is 0 Å². The molecule has 0 aliphatic rings. The Bertz CT molecular complexity index is 619. The molecule has 0 aromatic heterocycles. The summed E-state index contributed by atoms with van der Waals surface area (Å²) >= 11 is 0. The van der Waals surface area contributed by atoms with Crippen LogP contribution in [0.15, 0.2) is 24.3 Å². The predicted molar refractivity (Wildman–Crippen MR) is 95.3 cm³/mol. The summed E-state index contributed by atoms with van der Waals surface area (Å²) in [6, 6.07) is 5.92. The first-order valence-electron chi connectivity index (χ1n) is 8.86. The third kappa shape index (κ3) is 6.03. The van der Waals surface area contributed by atoms with Gasteiger partial charge < -0.3 is 9.84 Å². The number of hydrogen-bond acceptors (Lipinski definition) is 2. The molecular formula is C20H28F6O2. The highest BCUT2D eigenvalue weighted by atomic mass is 19.4. The van der Waals surface area contributed by atoms with Gasteiger partial charge in [0.2, 0.25) is 0 Å². The van der Waals surface area contributed by atoms with Gasteiger partial charge in [-0.2, -0.15) is 26.3 Å². The number of halogens is 6. The average Bonchev–Trinajstić information content (AvgIpc) is 2.46. The number of alkyl halides is 6. The molecule has 0 bridgehead atoms. The molecule has 8 heteroatoms. The van der Waals surface area contributed by atoms with E-state index >= 15 is 0 Å². The summed E-state index contributed by atoms with van der Waals surface area (Å²) in [6.07, 6.45) is -11.0. The number of rotatable bonds is 5. The predicted octanol–water partition coefficient (Wildman–Crippen LogP) is 6.49. The lowest BCUT2D eigenvalue weighted by molar-refractivity contribution is -0.373. The van der Waals surface area contributed by atoms with E-state index in [0.717, 1.165) is 12.0 Å². The smallest absolute Gasteiger partial charge is 0.429 e. The molecule has 0 fully saturated rings. The van der Waals surface area contributed by atoms with E-state index in [-0.39, 0.29) is 22.5 Å². The third-order valence-corrected chi connectivity index (χ3v) is 4.53. The first-order valence-corrected chi connectivity index (χ1v) is 8.86. The van der Waals surface area contributed by atoms with Crippen molar-refractivity contribution in [2.45, 2.75) is 71.8 Å². The van der Waals surface area contributed by atoms with E-state index in [1.54, 1.807) is 12.1 Å². The molecule has 1 aromatic carbocycles. The highest BCUT2D eigenvalue weighted by Gasteiger charge is 2.71. The lowest BCUT2D eigenvalue weighted by Gasteiger charge is -2.36. The summed E-state index contributed by atoms with van der Waals surface area (Å²) in [6.45, 7) is 10.5. The minimum atomic E-state index is -5.91. The van der Waals surface area contributed by atoms with Gasteiger partial charge in [0, 0.05) is 0 Å². The van der Waals surface area contributed by atoms with Gasteiger partial charge in [-0.15, -0.1) is 0 Å². The van der Waals surface area contributed by atoms with E-state index in [1.165, 1.54) is 12.1 Å². The second kappa shape index (κ2) is 7.76. The molecule has 0 amide bonds. The minimum Gasteiger partial charge on any atom is -0.490 e. The zero-order chi connectivity index (χ0) is 22.2. The fourth-order valence-corrected chi connectivity index (χ4v) is 2.84. The van der Waals surface area contributed by atoms with Crippen LogP contribution in [0.25, 0.3) is 0 Å². The van der Waals surface area contributed by atoms with Gasteiger partial charge in [-0.3, -0.25) is 0 Å². The molecule has 0 saturated heterocycles. The van der Waals surface area contributed by atoms with Gasteiger partial charge in [0.05, 0.1) is 0 Å². The summed E-state index contributed by atoms with van der Waals surface area (Å²) in [5.74, 6) is -0.0528. The van der Waals surface area contributed by atoms with Gasteiger partial charge in [-0.05, 0) is 40.9 Å². The molecule has 2 nitrogen and oxygen atoms in total. The van der Waals surface area contributed by atoms with Crippen LogP contribution in [0.3, 0.4) is 0 Å². The van der Waals surface area contributed by atoms with Crippen LogP contribution in [-0.2, 0) is 0 Å². The maximum absolute atomic E-state index is 12.7. The molecule has 0 aliphatic carbocycles. The molecule has 28 heavy (non-hydrogen) atoms. The topological polar surface area (TPSA) is 29.5 Å². The molecule has 1 N–H and O–H groups in total. The Hall–Kier alpha value is -1.44. The Kier molecular flexibility index (Phi) is 6.82. The molecule has 0 spiro atoms. The molecule has 1 rings (SSSR count). The Morgan fingerprint density at radius 2 is 1.25 bits per heavy atom. The van der Waals surface area contributed by atoms with Crippen LogP contribution in [-0.4, -0.2) is 29.7 Å². The van der Waals surface area contributed by atoms with Gasteiger partial charge in [0.25, 0.3) is 5.60 Å². The normalized spacial score (nSPS) is 15.5. The highest BCUT2D eigenvalue weighted by Crippen LogP contribution is 2.45. The molecule has 0 radical (unpaired) electrons. The van der Waals surface area contributed by atoms with Crippen molar-refractivity contribution in [2.24, 2.45) is 10.8 Å². The van der Waals surface area contributed by atoms with Crippen LogP contribution in [0.2, 0.25) is 0 Å². The van der Waals surface area contributed by atoms with E-state index in [4.69, 9.17) is 5.11 Å². The van der Waals surface area contributed by atoms with Crippen LogP contribution in [0.5, 0.6) is 5.75 Å². The molecule has 1 atom stereocenters. The number of ether oxygens (including phenoxy) is 1. The average molecular weight is 414 g/mol. The molecule has 0 aliphatic heterocycles. The maximum Gasteiger partial charge on any atom is 0.429 e. The molecule has 1 aromatic rings. The summed E-state index contributed by atoms with van der Waals surface area (Å²) < 4.78 is 80.9. The van der Waals surface area contributed by atoms with E-state index in [0.29, 0.717) is 0 Å². The highest BCUT2D eigenvalue weighted by molar-refractivity contribution is 5.30. The Labute approximate surface area is 161 Å². The van der Waals surface area contributed by atoms with Gasteiger partial charge in [-0.1, -0.05) is 53.7 Å². The van der Waals surface area contributed by atoms with Crippen LogP contribution in [0.1, 0.15) is 59.4 Å². The fourth-order valence-electron chi connectivity index (χ4n) is 2.84. The molecule has 162 valence electrons. The monoisotopic (exact) mass is 414 g/mol. The maximum atomic E-state index is 12.7. The van der Waals surface area contributed by atoms with Gasteiger partial charge in [0.1, 0.15) is 12.4 Å². The summed E-state index contributed by atoms with van der Waals surface area (Å²) in [5, 5.41) is 9.15. The van der Waals surface area contributed by atoms with Crippen LogP contribution in [0.4, 0.5) is 26.3 Å². The van der Waals surface area contributed by atoms with Crippen molar-refractivity contribution in [1.29, 1.82) is 0 Å². The Morgan fingerprint density at radius 3 is 1.57 bits per heavy atom. The Balaban J connectivity index is 3.04. The van der Waals surface area contributed by atoms with Gasteiger partial charge in [0.15, 0.2) is 0 Å². The standard InChI is InChI=1S/C20H28F6O2/c1-16(2,3)11-15(17(4,5)6)13-7-9-14(10-8-13)28-12-18(27,19(21,22)23)20(24,25)26/h7-10,15,27H,11-12H2,1-6H3. The van der Waals surface area contributed by atoms with Crippen LogP contribution < -0.4 is 4.74 Å². The number of aliphatic hydroxyl groups is 1. The van der Waals surface area contributed by atoms with Crippen molar-refractivity contribution in [1.82, 2.24) is 0 Å². The lowest BCUT2D eigenvalue weighted by atomic mass is 9.69. The van der Waals surface area contributed by atoms with Crippen LogP contribution >= 0.6 is 0 Å². The summed E-state index contributed by atoms with van der Waals surface area (Å²) in [4.78, 5) is 0. The second-order valence-electron chi connectivity index (χ2n) is 9.40. The van der Waals surface area contributed by atoms with Crippen molar-refractivity contribution < 1.29 is 36.2 Å². The minimum absolute atomic E-state index is 0.0308. The molecule has 1 unspecified atom stereocenters. The Morgan fingerprint density at radius 1 is 0.821 bits per heavy atom. The van der Waals surface area contributed by atoms with Gasteiger partial charge >= 0.3 is 12.4 Å². The molecule has 0 heterocycles. The lowest BCUT2D eigenvalue weighted by Crippen LogP contribution is -2.60. The van der Waals surface area contributed by atoms with Crippen molar-refractivity contribution in [3.05, 3.63) is 29.8 Å². The van der Waals surface area contributed by atoms with Crippen molar-refractivity contribution in [3.8, 4) is 5.75 Å². The van der Waals surface area contributed by atoms with Crippen LogP contribution in [0, 0.1) is 10.8 Å². The SMILES string of the molecule is CC(C)(C)CC(c1ccc(OCC(O)(C(F)(F)F)C(F)(F)F)cc1)C(C)(C)C. The van der Waals surface area contributed by atoms with E-state index in [2.05, 4.69) is 46.3 Å². The number of benzene rings is 1. The first-order chi connectivity index (χ1) is 12.3. The summed E-state index contributed by atoms with van der Waals surface area (Å²) in [5.41, 5.74) is -4.08.